The Bertz CT molecular complexity index is 365. The van der Waals surface area contributed by atoms with Gasteiger partial charge in [0.2, 0.25) is 0 Å². The second-order valence-electron chi connectivity index (χ2n) is 6.31. The highest BCUT2D eigenvalue weighted by Gasteiger charge is 2.40. The van der Waals surface area contributed by atoms with Crippen molar-refractivity contribution in [1.82, 2.24) is 9.80 Å². The van der Waals surface area contributed by atoms with Crippen molar-refractivity contribution in [3.63, 3.8) is 0 Å². The highest BCUT2D eigenvalue weighted by Crippen LogP contribution is 2.34. The van der Waals surface area contributed by atoms with E-state index in [0.29, 0.717) is 26.2 Å². The number of aliphatic carboxylic acids is 1. The number of amides is 2. The van der Waals surface area contributed by atoms with Gasteiger partial charge in [-0.2, -0.15) is 0 Å². The van der Waals surface area contributed by atoms with Crippen molar-refractivity contribution in [3.05, 3.63) is 0 Å². The molecule has 1 saturated heterocycles. The largest absolute Gasteiger partial charge is 0.481 e. The molecule has 0 saturated carbocycles. The zero-order valence-electron chi connectivity index (χ0n) is 13.3. The molecule has 0 aromatic heterocycles. The van der Waals surface area contributed by atoms with E-state index in [2.05, 4.69) is 0 Å². The number of hydrogen-bond donors (Lipinski definition) is 2. The molecule has 6 nitrogen and oxygen atoms in total. The third-order valence-electron chi connectivity index (χ3n) is 4.40. The first-order valence-electron chi connectivity index (χ1n) is 7.72. The van der Waals surface area contributed by atoms with Gasteiger partial charge in [-0.15, -0.1) is 0 Å². The molecule has 0 aromatic rings. The van der Waals surface area contributed by atoms with Crippen LogP contribution in [0.1, 0.15) is 40.0 Å². The number of piperidine rings is 1. The minimum atomic E-state index is -0.828. The van der Waals surface area contributed by atoms with E-state index in [4.69, 9.17) is 5.11 Å². The number of rotatable bonds is 6. The number of nitrogens with zero attached hydrogens (tertiary/aromatic N) is 2. The molecular formula is C15H28N2O4. The first kappa shape index (κ1) is 17.8. The Balaban J connectivity index is 2.75. The van der Waals surface area contributed by atoms with Crippen molar-refractivity contribution < 1.29 is 19.8 Å². The van der Waals surface area contributed by atoms with Crippen LogP contribution in [-0.2, 0) is 4.79 Å². The van der Waals surface area contributed by atoms with Gasteiger partial charge in [-0.05, 0) is 39.0 Å². The maximum Gasteiger partial charge on any atom is 0.320 e. The summed E-state index contributed by atoms with van der Waals surface area (Å²) in [7, 11) is 0. The summed E-state index contributed by atoms with van der Waals surface area (Å²) in [5.74, 6) is -0.854. The summed E-state index contributed by atoms with van der Waals surface area (Å²) < 4.78 is 0. The topological polar surface area (TPSA) is 81.1 Å². The molecule has 2 amide bonds. The van der Waals surface area contributed by atoms with Gasteiger partial charge in [-0.3, -0.25) is 4.79 Å². The van der Waals surface area contributed by atoms with Crippen molar-refractivity contribution in [3.8, 4) is 0 Å². The Kier molecular flexibility index (Phi) is 6.45. The molecule has 1 rings (SSSR count). The van der Waals surface area contributed by atoms with Gasteiger partial charge in [-0.25, -0.2) is 4.79 Å². The fourth-order valence-electron chi connectivity index (χ4n) is 2.81. The Hall–Kier alpha value is -1.30. The van der Waals surface area contributed by atoms with Gasteiger partial charge >= 0.3 is 12.0 Å². The Morgan fingerprint density at radius 2 is 2.00 bits per heavy atom. The Morgan fingerprint density at radius 1 is 1.33 bits per heavy atom. The molecule has 0 spiro atoms. The average Bonchev–Trinajstić information content (AvgIpc) is 2.46. The van der Waals surface area contributed by atoms with Gasteiger partial charge < -0.3 is 20.0 Å². The smallest absolute Gasteiger partial charge is 0.320 e. The van der Waals surface area contributed by atoms with E-state index < -0.39 is 11.4 Å². The fourth-order valence-corrected chi connectivity index (χ4v) is 2.81. The van der Waals surface area contributed by atoms with E-state index >= 15 is 0 Å². The second-order valence-corrected chi connectivity index (χ2v) is 6.31. The Morgan fingerprint density at radius 3 is 2.52 bits per heavy atom. The quantitative estimate of drug-likeness (QED) is 0.781. The number of carboxylic acid groups (broad SMARTS) is 1. The lowest BCUT2D eigenvalue weighted by atomic mass is 9.74. The third-order valence-corrected chi connectivity index (χ3v) is 4.40. The van der Waals surface area contributed by atoms with E-state index in [1.165, 1.54) is 0 Å². The van der Waals surface area contributed by atoms with E-state index in [1.807, 2.05) is 6.92 Å². The molecule has 1 heterocycles. The van der Waals surface area contributed by atoms with Crippen LogP contribution in [0.25, 0.3) is 0 Å². The van der Waals surface area contributed by atoms with E-state index in [9.17, 15) is 14.7 Å². The molecule has 122 valence electrons. The summed E-state index contributed by atoms with van der Waals surface area (Å²) in [4.78, 5) is 27.3. The van der Waals surface area contributed by atoms with Crippen LogP contribution in [0.4, 0.5) is 4.79 Å². The predicted octanol–water partition coefficient (Wildman–Crippen LogP) is 1.63. The lowest BCUT2D eigenvalue weighted by Gasteiger charge is -2.41. The first-order chi connectivity index (χ1) is 9.84. The molecule has 2 N–H and O–H groups in total. The normalized spacial score (nSPS) is 19.4. The molecule has 1 atom stereocenters. The summed E-state index contributed by atoms with van der Waals surface area (Å²) in [5, 5.41) is 18.4. The second kappa shape index (κ2) is 7.64. The molecule has 0 radical (unpaired) electrons. The fraction of sp³-hybridized carbons (Fsp3) is 0.867. The molecular weight excluding hydrogens is 272 g/mol. The molecule has 0 aromatic carbocycles. The first-order valence-corrected chi connectivity index (χ1v) is 7.72. The summed E-state index contributed by atoms with van der Waals surface area (Å²) in [5.41, 5.74) is -0.828. The summed E-state index contributed by atoms with van der Waals surface area (Å²) >= 11 is 0. The number of urea groups is 1. The zero-order valence-corrected chi connectivity index (χ0v) is 13.3. The van der Waals surface area contributed by atoms with Gasteiger partial charge in [0.15, 0.2) is 0 Å². The number of likely N-dealkylation sites (tertiary alicyclic amines) is 1. The number of carboxylic acids is 1. The van der Waals surface area contributed by atoms with E-state index in [1.54, 1.807) is 23.6 Å². The van der Waals surface area contributed by atoms with Crippen LogP contribution >= 0.6 is 0 Å². The van der Waals surface area contributed by atoms with Gasteiger partial charge in [0.25, 0.3) is 0 Å². The van der Waals surface area contributed by atoms with Gasteiger partial charge in [-0.1, -0.05) is 6.92 Å². The molecule has 1 unspecified atom stereocenters. The van der Waals surface area contributed by atoms with Crippen molar-refractivity contribution in [2.45, 2.75) is 40.0 Å². The highest BCUT2D eigenvalue weighted by atomic mass is 16.4. The lowest BCUT2D eigenvalue weighted by Crippen LogP contribution is -2.51. The minimum Gasteiger partial charge on any atom is -0.481 e. The molecule has 1 aliphatic rings. The highest BCUT2D eigenvalue weighted by molar-refractivity contribution is 5.76. The minimum absolute atomic E-state index is 0.0368. The van der Waals surface area contributed by atoms with Gasteiger partial charge in [0.1, 0.15) is 0 Å². The third kappa shape index (κ3) is 4.33. The summed E-state index contributed by atoms with van der Waals surface area (Å²) in [6.07, 6.45) is 2.49. The van der Waals surface area contributed by atoms with Crippen LogP contribution in [0.2, 0.25) is 0 Å². The van der Waals surface area contributed by atoms with Crippen molar-refractivity contribution >= 4 is 12.0 Å². The number of hydrogen-bond acceptors (Lipinski definition) is 3. The molecule has 21 heavy (non-hydrogen) atoms. The molecule has 6 heteroatoms. The SMILES string of the molecule is CCCN(CCO)C(=O)N1CCCC(C(C)(C)C(=O)O)C1. The molecule has 0 bridgehead atoms. The van der Waals surface area contributed by atoms with Crippen LogP contribution in [0, 0.1) is 11.3 Å². The van der Waals surface area contributed by atoms with Crippen LogP contribution in [0.3, 0.4) is 0 Å². The molecule has 1 fully saturated rings. The summed E-state index contributed by atoms with van der Waals surface area (Å²) in [6, 6.07) is -0.0863. The number of aliphatic hydroxyl groups is 1. The van der Waals surface area contributed by atoms with Crippen LogP contribution in [-0.4, -0.2) is 64.8 Å². The Labute approximate surface area is 126 Å². The van der Waals surface area contributed by atoms with Crippen LogP contribution in [0.15, 0.2) is 0 Å². The predicted molar refractivity (Wildman–Crippen MR) is 80.1 cm³/mol. The van der Waals surface area contributed by atoms with Crippen molar-refractivity contribution in [1.29, 1.82) is 0 Å². The monoisotopic (exact) mass is 300 g/mol. The zero-order chi connectivity index (χ0) is 16.0. The molecule has 1 aliphatic heterocycles. The van der Waals surface area contributed by atoms with Crippen LogP contribution < -0.4 is 0 Å². The van der Waals surface area contributed by atoms with Gasteiger partial charge in [0, 0.05) is 26.2 Å². The van der Waals surface area contributed by atoms with E-state index in [-0.39, 0.29) is 18.6 Å². The molecule has 0 aliphatic carbocycles. The summed E-state index contributed by atoms with van der Waals surface area (Å²) in [6.45, 7) is 7.48. The standard InChI is InChI=1S/C15H28N2O4/c1-4-7-16(9-10-18)14(21)17-8-5-6-12(11-17)15(2,3)13(19)20/h12,18H,4-11H2,1-3H3,(H,19,20). The maximum atomic E-state index is 12.5. The van der Waals surface area contributed by atoms with Crippen molar-refractivity contribution in [2.75, 3.05) is 32.8 Å². The van der Waals surface area contributed by atoms with Gasteiger partial charge in [0.05, 0.1) is 12.0 Å². The van der Waals surface area contributed by atoms with Crippen LogP contribution in [0.5, 0.6) is 0 Å². The number of carbonyl (C=O) groups is 2. The maximum absolute atomic E-state index is 12.5. The van der Waals surface area contributed by atoms with E-state index in [0.717, 1.165) is 19.3 Å². The number of carbonyl (C=O) groups excluding carboxylic acids is 1. The average molecular weight is 300 g/mol. The van der Waals surface area contributed by atoms with Crippen molar-refractivity contribution in [2.24, 2.45) is 11.3 Å². The lowest BCUT2D eigenvalue weighted by molar-refractivity contribution is -0.151. The number of aliphatic hydroxyl groups excluding tert-OH is 1.